The largest absolute Gasteiger partial charge is 0.415 e. The Balaban J connectivity index is 0. The van der Waals surface area contributed by atoms with Gasteiger partial charge in [-0.25, -0.2) is 27.2 Å². The molecule has 15 nitrogen and oxygen atoms in total. The van der Waals surface area contributed by atoms with Gasteiger partial charge in [0.05, 0.1) is 17.6 Å². The predicted octanol–water partition coefficient (Wildman–Crippen LogP) is 10.8. The summed E-state index contributed by atoms with van der Waals surface area (Å²) in [6.07, 6.45) is 4.61. The van der Waals surface area contributed by atoms with E-state index in [-0.39, 0.29) is 92.0 Å². The molecule has 418 valence electrons. The Kier molecular flexibility index (Phi) is 34.6. The van der Waals surface area contributed by atoms with Crippen LogP contribution in [-0.2, 0) is 26.7 Å². The zero-order valence-corrected chi connectivity index (χ0v) is 48.9. The standard InChI is InChI=1S/C20H34F2N2O3Si.C14H10F2N2O4.C12H29NO2Si.C4H8O.2H2S/c1-20(2,3)28(5,6)27-14-16(10-8-12-25)24(4)19(26)23-13-15-9-7-11-17(21)18(15)22;15-12-3-1-2-9(13(12)16)8-17-14(19)22-11-6-4-10(5-7-11)18(20)21;1-12(2,3)16(5,6)15-10-11(13-4)8-7-9-14;1-2-4-5-3-1;;/h7,9,11,16,25H,8,10,12-14H2,1-6H3,(H,23,26);1-7H,8H2,(H,17,19);11,13-14H,7-10H2,1-6H3;1-4H2;2*1H2/t16-;;11-;;;/m0.0.../s1. The van der Waals surface area contributed by atoms with Gasteiger partial charge < -0.3 is 49.4 Å². The maximum atomic E-state index is 13.8. The maximum Gasteiger partial charge on any atom is 0.412 e. The van der Waals surface area contributed by atoms with Gasteiger partial charge in [0.15, 0.2) is 39.9 Å². The van der Waals surface area contributed by atoms with Gasteiger partial charge in [-0.2, -0.15) is 27.0 Å². The first-order chi connectivity index (χ1) is 33.1. The molecule has 1 heterocycles. The van der Waals surface area contributed by atoms with Crippen molar-refractivity contribution in [2.45, 2.75) is 142 Å². The average molecular weight is 1110 g/mol. The van der Waals surface area contributed by atoms with Gasteiger partial charge in [-0.05, 0) is 106 Å². The van der Waals surface area contributed by atoms with E-state index in [9.17, 15) is 42.4 Å². The summed E-state index contributed by atoms with van der Waals surface area (Å²) in [5, 5.41) is 36.9. The van der Waals surface area contributed by atoms with Crippen LogP contribution in [0, 0.1) is 33.4 Å². The number of amides is 3. The van der Waals surface area contributed by atoms with Crippen LogP contribution < -0.4 is 20.7 Å². The molecule has 5 N–H and O–H groups in total. The molecule has 4 rings (SSSR count). The first-order valence-electron chi connectivity index (χ1n) is 23.9. The highest BCUT2D eigenvalue weighted by molar-refractivity contribution is 7.59. The minimum absolute atomic E-state index is 0. The molecule has 23 heteroatoms. The van der Waals surface area contributed by atoms with Crippen molar-refractivity contribution < 1.29 is 60.6 Å². The van der Waals surface area contributed by atoms with Crippen molar-refractivity contribution in [2.75, 3.05) is 53.7 Å². The smallest absolute Gasteiger partial charge is 0.412 e. The van der Waals surface area contributed by atoms with Crippen molar-refractivity contribution >= 4 is 61.4 Å². The first kappa shape index (κ1) is 71.3. The lowest BCUT2D eigenvalue weighted by Gasteiger charge is -2.38. The number of ether oxygens (including phenoxy) is 2. The van der Waals surface area contributed by atoms with Crippen molar-refractivity contribution in [3.63, 3.8) is 0 Å². The number of aliphatic hydroxyl groups is 2. The minimum atomic E-state index is -1.98. The van der Waals surface area contributed by atoms with Crippen molar-refractivity contribution in [3.8, 4) is 5.75 Å². The van der Waals surface area contributed by atoms with Crippen LogP contribution in [-0.4, -0.2) is 115 Å². The van der Waals surface area contributed by atoms with E-state index >= 15 is 0 Å². The van der Waals surface area contributed by atoms with E-state index in [1.807, 2.05) is 7.05 Å². The third-order valence-corrected chi connectivity index (χ3v) is 21.6. The zero-order valence-electron chi connectivity index (χ0n) is 44.9. The van der Waals surface area contributed by atoms with Crippen molar-refractivity contribution in [1.29, 1.82) is 0 Å². The number of aliphatic hydroxyl groups excluding tert-OH is 2. The fourth-order valence-electron chi connectivity index (χ4n) is 5.70. The second kappa shape index (κ2) is 35.5. The number of carbonyl (C=O) groups is 2. The minimum Gasteiger partial charge on any atom is -0.415 e. The SMILES string of the molecule is C1CCOC1.CN(C(=O)NCc1cccc(F)c1F)[C@@H](CCCO)CO[Si](C)(C)C(C)(C)C.CN[C@@H](CCCO)CO[Si](C)(C)C(C)(C)C.O=C(NCc1cccc(F)c1F)Oc1ccc([N+](=O)[O-])cc1.S.S. The van der Waals surface area contributed by atoms with E-state index in [2.05, 4.69) is 83.7 Å². The molecule has 3 aromatic carbocycles. The van der Waals surface area contributed by atoms with Gasteiger partial charge in [0.2, 0.25) is 0 Å². The molecule has 3 amide bonds. The molecule has 73 heavy (non-hydrogen) atoms. The number of benzene rings is 3. The molecule has 1 saturated heterocycles. The van der Waals surface area contributed by atoms with Gasteiger partial charge in [0, 0.05) is 82.5 Å². The number of nitro groups is 1. The van der Waals surface area contributed by atoms with Crippen LogP contribution in [0.1, 0.15) is 91.2 Å². The molecule has 1 aliphatic rings. The number of hydrogen-bond donors (Lipinski definition) is 5. The summed E-state index contributed by atoms with van der Waals surface area (Å²) in [4.78, 5) is 35.4. The number of carbonyl (C=O) groups excluding carboxylic acids is 2. The Hall–Kier alpha value is -3.79. The first-order valence-corrected chi connectivity index (χ1v) is 29.7. The number of urea groups is 1. The lowest BCUT2D eigenvalue weighted by molar-refractivity contribution is -0.384. The van der Waals surface area contributed by atoms with Crippen molar-refractivity contribution in [1.82, 2.24) is 20.9 Å². The zero-order chi connectivity index (χ0) is 54.0. The Morgan fingerprint density at radius 3 is 1.62 bits per heavy atom. The van der Waals surface area contributed by atoms with Crippen molar-refractivity contribution in [3.05, 3.63) is 105 Å². The highest BCUT2D eigenvalue weighted by Gasteiger charge is 2.39. The van der Waals surface area contributed by atoms with Gasteiger partial charge in [-0.15, -0.1) is 0 Å². The van der Waals surface area contributed by atoms with Crippen LogP contribution in [0.5, 0.6) is 5.75 Å². The molecule has 0 spiro atoms. The van der Waals surface area contributed by atoms with E-state index in [0.29, 0.717) is 25.5 Å². The van der Waals surface area contributed by atoms with Crippen LogP contribution in [0.4, 0.5) is 32.8 Å². The second-order valence-electron chi connectivity index (χ2n) is 20.0. The van der Waals surface area contributed by atoms with Gasteiger partial charge in [0.1, 0.15) is 5.75 Å². The molecular formula is C50H85F4N5O10S2Si2. The summed E-state index contributed by atoms with van der Waals surface area (Å²) < 4.78 is 75.6. The number of hydrogen-bond acceptors (Lipinski definition) is 11. The summed E-state index contributed by atoms with van der Waals surface area (Å²) in [6.45, 7) is 25.1. The Morgan fingerprint density at radius 1 is 0.753 bits per heavy atom. The van der Waals surface area contributed by atoms with Gasteiger partial charge in [-0.3, -0.25) is 10.1 Å². The summed E-state index contributed by atoms with van der Waals surface area (Å²) in [5.41, 5.74) is -0.0820. The summed E-state index contributed by atoms with van der Waals surface area (Å²) in [7, 11) is -0.00769. The Bertz CT molecular complexity index is 2050. The number of rotatable bonds is 20. The molecule has 3 aromatic rings. The lowest BCUT2D eigenvalue weighted by Crippen LogP contribution is -2.49. The van der Waals surface area contributed by atoms with E-state index in [4.69, 9.17) is 23.4 Å². The molecule has 0 unspecified atom stereocenters. The van der Waals surface area contributed by atoms with Crippen LogP contribution in [0.25, 0.3) is 0 Å². The van der Waals surface area contributed by atoms with Crippen LogP contribution in [0.2, 0.25) is 36.3 Å². The number of likely N-dealkylation sites (N-methyl/N-ethyl adjacent to an activating group) is 2. The number of non-ortho nitro benzene ring substituents is 1. The average Bonchev–Trinajstić information content (AvgIpc) is 3.91. The van der Waals surface area contributed by atoms with E-state index in [0.717, 1.165) is 44.8 Å². The molecule has 0 aliphatic carbocycles. The van der Waals surface area contributed by atoms with Crippen LogP contribution in [0.15, 0.2) is 60.7 Å². The van der Waals surface area contributed by atoms with E-state index < -0.39 is 57.0 Å². The molecular weight excluding hydrogens is 1030 g/mol. The third kappa shape index (κ3) is 27.0. The quantitative estimate of drug-likeness (QED) is 0.0313. The number of nitro benzene ring substituents is 1. The predicted molar refractivity (Wildman–Crippen MR) is 295 cm³/mol. The van der Waals surface area contributed by atoms with Crippen molar-refractivity contribution in [2.24, 2.45) is 0 Å². The number of halogens is 4. The monoisotopic (exact) mass is 1110 g/mol. The third-order valence-electron chi connectivity index (χ3n) is 12.6. The van der Waals surface area contributed by atoms with E-state index in [1.165, 1.54) is 66.3 Å². The molecule has 0 radical (unpaired) electrons. The normalized spacial score (nSPS) is 13.1. The highest BCUT2D eigenvalue weighted by Crippen LogP contribution is 2.37. The molecule has 0 saturated carbocycles. The number of nitrogens with one attached hydrogen (secondary N) is 3. The molecule has 1 aliphatic heterocycles. The summed E-state index contributed by atoms with van der Waals surface area (Å²) in [6, 6.07) is 12.1. The second-order valence-corrected chi connectivity index (χ2v) is 29.6. The Morgan fingerprint density at radius 2 is 1.21 bits per heavy atom. The molecule has 0 aromatic heterocycles. The van der Waals surface area contributed by atoms with Gasteiger partial charge in [-0.1, -0.05) is 65.8 Å². The van der Waals surface area contributed by atoms with Crippen LogP contribution >= 0.6 is 27.0 Å². The fraction of sp³-hybridized carbons (Fsp3) is 0.600. The van der Waals surface area contributed by atoms with Gasteiger partial charge >= 0.3 is 12.1 Å². The topological polar surface area (TPSA) is 194 Å². The molecule has 2 atom stereocenters. The molecule has 0 bridgehead atoms. The lowest BCUT2D eigenvalue weighted by atomic mass is 10.1. The fourth-order valence-corrected chi connectivity index (χ4v) is 7.79. The Labute approximate surface area is 447 Å². The molecule has 1 fully saturated rings. The number of nitrogens with zero attached hydrogens (tertiary/aromatic N) is 2. The van der Waals surface area contributed by atoms with Crippen LogP contribution in [0.3, 0.4) is 0 Å². The van der Waals surface area contributed by atoms with E-state index in [1.54, 1.807) is 7.05 Å². The van der Waals surface area contributed by atoms with Gasteiger partial charge in [0.25, 0.3) is 5.69 Å². The maximum absolute atomic E-state index is 13.8. The highest BCUT2D eigenvalue weighted by atomic mass is 32.1. The summed E-state index contributed by atoms with van der Waals surface area (Å²) >= 11 is 0. The summed E-state index contributed by atoms with van der Waals surface area (Å²) in [5.74, 6) is -3.86.